The predicted octanol–water partition coefficient (Wildman–Crippen LogP) is 3.13. The number of rotatable bonds is 5. The Hall–Kier alpha value is -1.77. The molecule has 2 aromatic rings. The zero-order chi connectivity index (χ0) is 13.0. The molecule has 0 fully saturated rings. The van der Waals surface area contributed by atoms with Crippen LogP contribution in [0.3, 0.4) is 0 Å². The molecule has 3 heteroatoms. The van der Waals surface area contributed by atoms with Gasteiger partial charge in [-0.15, -0.1) is 0 Å². The Balaban J connectivity index is 2.47. The van der Waals surface area contributed by atoms with Crippen LogP contribution < -0.4 is 4.74 Å². The van der Waals surface area contributed by atoms with Gasteiger partial charge in [0.15, 0.2) is 0 Å². The van der Waals surface area contributed by atoms with Crippen molar-refractivity contribution in [3.63, 3.8) is 0 Å². The third kappa shape index (κ3) is 2.40. The average molecular weight is 244 g/mol. The van der Waals surface area contributed by atoms with Crippen LogP contribution in [0.2, 0.25) is 0 Å². The number of H-pyrrole nitrogens is 1. The van der Waals surface area contributed by atoms with Crippen molar-refractivity contribution < 1.29 is 4.74 Å². The number of imidazole rings is 1. The highest BCUT2D eigenvalue weighted by Crippen LogP contribution is 2.28. The zero-order valence-electron chi connectivity index (χ0n) is 11.3. The maximum absolute atomic E-state index is 5.46. The molecule has 0 aliphatic rings. The third-order valence-corrected chi connectivity index (χ3v) is 3.34. The highest BCUT2D eigenvalue weighted by molar-refractivity contribution is 5.46. The maximum atomic E-state index is 5.46. The van der Waals surface area contributed by atoms with E-state index in [0.29, 0.717) is 0 Å². The van der Waals surface area contributed by atoms with E-state index in [1.54, 1.807) is 13.3 Å². The van der Waals surface area contributed by atoms with Gasteiger partial charge in [-0.1, -0.05) is 19.9 Å². The van der Waals surface area contributed by atoms with Crippen molar-refractivity contribution in [3.8, 4) is 5.75 Å². The number of nitrogens with one attached hydrogen (secondary N) is 1. The largest absolute Gasteiger partial charge is 0.496 e. The molecule has 2 rings (SSSR count). The van der Waals surface area contributed by atoms with Gasteiger partial charge in [-0.3, -0.25) is 0 Å². The van der Waals surface area contributed by atoms with Gasteiger partial charge in [0.25, 0.3) is 0 Å². The van der Waals surface area contributed by atoms with E-state index in [-0.39, 0.29) is 0 Å². The fourth-order valence-electron chi connectivity index (χ4n) is 2.41. The second kappa shape index (κ2) is 5.71. The van der Waals surface area contributed by atoms with Crippen LogP contribution in [0.5, 0.6) is 5.75 Å². The number of ether oxygens (including phenoxy) is 1. The molecule has 0 aliphatic carbocycles. The van der Waals surface area contributed by atoms with Gasteiger partial charge in [0.2, 0.25) is 0 Å². The molecule has 0 radical (unpaired) electrons. The fraction of sp³-hybridized carbons (Fsp3) is 0.400. The number of aromatic nitrogens is 2. The quantitative estimate of drug-likeness (QED) is 0.877. The number of benzene rings is 1. The number of hydrogen-bond acceptors (Lipinski definition) is 2. The van der Waals surface area contributed by atoms with E-state index >= 15 is 0 Å². The molecule has 0 unspecified atom stereocenters. The van der Waals surface area contributed by atoms with Gasteiger partial charge in [-0.2, -0.15) is 0 Å². The van der Waals surface area contributed by atoms with Crippen LogP contribution in [0.4, 0.5) is 0 Å². The van der Waals surface area contributed by atoms with Gasteiger partial charge >= 0.3 is 0 Å². The van der Waals surface area contributed by atoms with Crippen LogP contribution >= 0.6 is 0 Å². The van der Waals surface area contributed by atoms with E-state index in [1.165, 1.54) is 16.7 Å². The van der Waals surface area contributed by atoms with Crippen LogP contribution in [0, 0.1) is 0 Å². The maximum Gasteiger partial charge on any atom is 0.122 e. The molecule has 0 spiro atoms. The summed E-state index contributed by atoms with van der Waals surface area (Å²) in [6.07, 6.45) is 6.52. The summed E-state index contributed by atoms with van der Waals surface area (Å²) in [7, 11) is 1.73. The van der Waals surface area contributed by atoms with Gasteiger partial charge in [0, 0.05) is 18.8 Å². The molecule has 1 N–H and O–H groups in total. The topological polar surface area (TPSA) is 37.9 Å². The summed E-state index contributed by atoms with van der Waals surface area (Å²) in [4.78, 5) is 7.50. The van der Waals surface area contributed by atoms with Crippen molar-refractivity contribution in [2.24, 2.45) is 0 Å². The third-order valence-electron chi connectivity index (χ3n) is 3.34. The molecule has 0 aliphatic heterocycles. The summed E-state index contributed by atoms with van der Waals surface area (Å²) < 4.78 is 5.46. The highest BCUT2D eigenvalue weighted by atomic mass is 16.5. The number of nitrogens with zero attached hydrogens (tertiary/aromatic N) is 1. The van der Waals surface area contributed by atoms with Crippen molar-refractivity contribution >= 4 is 0 Å². The molecular weight excluding hydrogens is 224 g/mol. The molecule has 1 aromatic carbocycles. The van der Waals surface area contributed by atoms with Gasteiger partial charge in [-0.05, 0) is 35.6 Å². The van der Waals surface area contributed by atoms with E-state index in [2.05, 4.69) is 35.9 Å². The first-order valence-corrected chi connectivity index (χ1v) is 6.46. The zero-order valence-corrected chi connectivity index (χ0v) is 11.3. The average Bonchev–Trinajstić information content (AvgIpc) is 2.91. The number of methoxy groups -OCH3 is 1. The Labute approximate surface area is 108 Å². The number of hydrogen-bond donors (Lipinski definition) is 1. The summed E-state index contributed by atoms with van der Waals surface area (Å²) in [5.41, 5.74) is 4.03. The van der Waals surface area contributed by atoms with Crippen LogP contribution in [-0.2, 0) is 19.3 Å². The molecule has 0 saturated heterocycles. The first-order valence-electron chi connectivity index (χ1n) is 6.46. The number of aryl methyl sites for hydroxylation is 1. The molecule has 18 heavy (non-hydrogen) atoms. The van der Waals surface area contributed by atoms with E-state index in [1.807, 2.05) is 6.20 Å². The minimum atomic E-state index is 0.844. The lowest BCUT2D eigenvalue weighted by molar-refractivity contribution is 0.409. The first kappa shape index (κ1) is 12.7. The fourth-order valence-corrected chi connectivity index (χ4v) is 2.41. The summed E-state index contributed by atoms with van der Waals surface area (Å²) in [5, 5.41) is 0. The monoisotopic (exact) mass is 244 g/mol. The second-order valence-corrected chi connectivity index (χ2v) is 4.30. The smallest absolute Gasteiger partial charge is 0.122 e. The summed E-state index contributed by atoms with van der Waals surface area (Å²) in [5.74, 6) is 1.99. The van der Waals surface area contributed by atoms with Gasteiger partial charge in [0.05, 0.1) is 7.11 Å². The van der Waals surface area contributed by atoms with Crippen LogP contribution in [-0.4, -0.2) is 17.1 Å². The summed E-state index contributed by atoms with van der Waals surface area (Å²) in [6, 6.07) is 4.24. The minimum Gasteiger partial charge on any atom is -0.496 e. The second-order valence-electron chi connectivity index (χ2n) is 4.30. The van der Waals surface area contributed by atoms with E-state index in [9.17, 15) is 0 Å². The highest BCUT2D eigenvalue weighted by Gasteiger charge is 2.13. The number of aromatic amines is 1. The molecular formula is C15H20N2O. The predicted molar refractivity (Wildman–Crippen MR) is 73.1 cm³/mol. The van der Waals surface area contributed by atoms with E-state index in [0.717, 1.165) is 30.8 Å². The molecule has 3 nitrogen and oxygen atoms in total. The molecule has 0 bridgehead atoms. The van der Waals surface area contributed by atoms with Gasteiger partial charge in [-0.25, -0.2) is 4.98 Å². The molecule has 0 atom stereocenters. The first-order chi connectivity index (χ1) is 8.80. The van der Waals surface area contributed by atoms with Gasteiger partial charge in [0.1, 0.15) is 11.6 Å². The molecule has 0 amide bonds. The Bertz CT molecular complexity index is 503. The SMILES string of the molecule is CCc1ccc(OC)c(CC)c1Cc1ncc[nH]1. The van der Waals surface area contributed by atoms with Crippen LogP contribution in [0.25, 0.3) is 0 Å². The van der Waals surface area contributed by atoms with Crippen molar-refractivity contribution in [2.45, 2.75) is 33.1 Å². The van der Waals surface area contributed by atoms with E-state index in [4.69, 9.17) is 4.74 Å². The minimum absolute atomic E-state index is 0.844. The lowest BCUT2D eigenvalue weighted by Gasteiger charge is -2.16. The molecule has 0 saturated carbocycles. The molecule has 1 aromatic heterocycles. The van der Waals surface area contributed by atoms with Crippen molar-refractivity contribution in [3.05, 3.63) is 47.0 Å². The Morgan fingerprint density at radius 1 is 1.17 bits per heavy atom. The molecule has 96 valence electrons. The van der Waals surface area contributed by atoms with Gasteiger partial charge < -0.3 is 9.72 Å². The lowest BCUT2D eigenvalue weighted by atomic mass is 9.94. The summed E-state index contributed by atoms with van der Waals surface area (Å²) in [6.45, 7) is 4.36. The standard InChI is InChI=1S/C15H20N2O/c1-4-11-6-7-14(18-3)12(5-2)13(11)10-15-16-8-9-17-15/h6-9H,4-5,10H2,1-3H3,(H,16,17). The Morgan fingerprint density at radius 2 is 2.00 bits per heavy atom. The summed E-state index contributed by atoms with van der Waals surface area (Å²) >= 11 is 0. The normalized spacial score (nSPS) is 10.6. The Kier molecular flexibility index (Phi) is 4.03. The van der Waals surface area contributed by atoms with Crippen LogP contribution in [0.1, 0.15) is 36.4 Å². The Morgan fingerprint density at radius 3 is 2.56 bits per heavy atom. The van der Waals surface area contributed by atoms with Crippen LogP contribution in [0.15, 0.2) is 24.5 Å². The van der Waals surface area contributed by atoms with Crippen molar-refractivity contribution in [1.29, 1.82) is 0 Å². The lowest BCUT2D eigenvalue weighted by Crippen LogP contribution is -2.04. The van der Waals surface area contributed by atoms with Crippen molar-refractivity contribution in [2.75, 3.05) is 7.11 Å². The van der Waals surface area contributed by atoms with Crippen molar-refractivity contribution in [1.82, 2.24) is 9.97 Å². The van der Waals surface area contributed by atoms with E-state index < -0.39 is 0 Å². The molecule has 1 heterocycles.